The second kappa shape index (κ2) is 8.79. The van der Waals surface area contributed by atoms with Crippen LogP contribution in [-0.2, 0) is 9.59 Å². The van der Waals surface area contributed by atoms with E-state index in [9.17, 15) is 9.59 Å². The number of carbonyl (C=O) groups is 2. The molecule has 2 atom stereocenters. The fourth-order valence-corrected chi connectivity index (χ4v) is 2.08. The van der Waals surface area contributed by atoms with E-state index in [0.29, 0.717) is 6.54 Å². The van der Waals surface area contributed by atoms with Crippen LogP contribution in [0.1, 0.15) is 31.9 Å². The lowest BCUT2D eigenvalue weighted by Gasteiger charge is -2.19. The van der Waals surface area contributed by atoms with Crippen molar-refractivity contribution in [3.63, 3.8) is 0 Å². The Balaban J connectivity index is 2.67. The highest BCUT2D eigenvalue weighted by Crippen LogP contribution is 2.19. The molecule has 1 aromatic rings. The van der Waals surface area contributed by atoms with Crippen LogP contribution in [0.5, 0.6) is 0 Å². The first-order valence-corrected chi connectivity index (χ1v) is 7.68. The average molecular weight is 356 g/mol. The number of rotatable bonds is 7. The lowest BCUT2D eigenvalue weighted by atomic mass is 10.0. The molecule has 0 spiro atoms. The fourth-order valence-electron chi connectivity index (χ4n) is 1.82. The van der Waals surface area contributed by atoms with Crippen molar-refractivity contribution in [1.82, 2.24) is 16.0 Å². The second-order valence-electron chi connectivity index (χ2n) is 5.00. The molecular weight excluding hydrogens is 334 g/mol. The maximum absolute atomic E-state index is 12.0. The summed E-state index contributed by atoms with van der Waals surface area (Å²) < 4.78 is 0.958. The highest BCUT2D eigenvalue weighted by atomic mass is 79.9. The van der Waals surface area contributed by atoms with E-state index in [1.807, 2.05) is 38.2 Å². The Bertz CT molecular complexity index is 476. The number of hydrogen-bond donors (Lipinski definition) is 3. The van der Waals surface area contributed by atoms with Crippen LogP contribution in [0, 0.1) is 0 Å². The van der Waals surface area contributed by atoms with Crippen molar-refractivity contribution in [2.45, 2.75) is 32.4 Å². The molecule has 0 bridgehead atoms. The quantitative estimate of drug-likeness (QED) is 0.697. The Morgan fingerprint density at radius 2 is 1.86 bits per heavy atom. The highest BCUT2D eigenvalue weighted by molar-refractivity contribution is 9.10. The van der Waals surface area contributed by atoms with Crippen molar-refractivity contribution in [3.8, 4) is 0 Å². The van der Waals surface area contributed by atoms with Gasteiger partial charge in [-0.1, -0.05) is 28.1 Å². The molecule has 0 aliphatic carbocycles. The summed E-state index contributed by atoms with van der Waals surface area (Å²) in [5, 5.41) is 8.73. The van der Waals surface area contributed by atoms with Gasteiger partial charge in [-0.25, -0.2) is 0 Å². The number of nitrogens with one attached hydrogen (secondary N) is 3. The van der Waals surface area contributed by atoms with Crippen LogP contribution < -0.4 is 16.0 Å². The number of carbonyl (C=O) groups excluding carboxylic acids is 2. The number of likely N-dealkylation sites (N-methyl/N-ethyl adjacent to an activating group) is 1. The minimum atomic E-state index is -0.319. The second-order valence-corrected chi connectivity index (χ2v) is 5.92. The first-order valence-electron chi connectivity index (χ1n) is 6.89. The van der Waals surface area contributed by atoms with Gasteiger partial charge < -0.3 is 16.0 Å². The molecule has 0 aliphatic rings. The predicted octanol–water partition coefficient (Wildman–Crippen LogP) is 1.74. The lowest BCUT2D eigenvalue weighted by molar-refractivity contribution is -0.122. The van der Waals surface area contributed by atoms with Crippen LogP contribution in [-0.4, -0.2) is 31.4 Å². The summed E-state index contributed by atoms with van der Waals surface area (Å²) in [5.74, 6) is -0.238. The molecule has 116 valence electrons. The van der Waals surface area contributed by atoms with Gasteiger partial charge in [-0.15, -0.1) is 0 Å². The molecule has 3 N–H and O–H groups in total. The van der Waals surface area contributed by atoms with Crippen molar-refractivity contribution in [2.75, 3.05) is 13.6 Å². The maximum Gasteiger partial charge on any atom is 0.222 e. The summed E-state index contributed by atoms with van der Waals surface area (Å²) in [5.41, 5.74) is 0.908. The van der Waals surface area contributed by atoms with E-state index in [0.717, 1.165) is 10.0 Å². The molecule has 1 rings (SSSR count). The van der Waals surface area contributed by atoms with Crippen LogP contribution >= 0.6 is 15.9 Å². The van der Waals surface area contributed by atoms with Crippen molar-refractivity contribution in [2.24, 2.45) is 0 Å². The molecule has 21 heavy (non-hydrogen) atoms. The molecule has 0 radical (unpaired) electrons. The Morgan fingerprint density at radius 3 is 2.38 bits per heavy atom. The fraction of sp³-hybridized carbons (Fsp3) is 0.467. The Labute approximate surface area is 134 Å². The summed E-state index contributed by atoms with van der Waals surface area (Å²) in [6.45, 7) is 4.00. The summed E-state index contributed by atoms with van der Waals surface area (Å²) in [6.07, 6.45) is 0.220. The van der Waals surface area contributed by atoms with E-state index >= 15 is 0 Å². The molecule has 1 aromatic carbocycles. The van der Waals surface area contributed by atoms with Gasteiger partial charge in [-0.2, -0.15) is 0 Å². The van der Waals surface area contributed by atoms with Crippen molar-refractivity contribution < 1.29 is 9.59 Å². The Morgan fingerprint density at radius 1 is 1.24 bits per heavy atom. The van der Waals surface area contributed by atoms with E-state index in [1.54, 1.807) is 0 Å². The van der Waals surface area contributed by atoms with Gasteiger partial charge >= 0.3 is 0 Å². The van der Waals surface area contributed by atoms with E-state index in [1.165, 1.54) is 6.92 Å². The third-order valence-electron chi connectivity index (χ3n) is 3.14. The highest BCUT2D eigenvalue weighted by Gasteiger charge is 2.17. The SMILES string of the molecule is CNC(C)CNC(=O)CC(NC(C)=O)c1ccc(Br)cc1. The van der Waals surface area contributed by atoms with Gasteiger partial charge in [0.05, 0.1) is 12.5 Å². The van der Waals surface area contributed by atoms with Gasteiger partial charge in [-0.3, -0.25) is 9.59 Å². The molecule has 0 saturated heterocycles. The van der Waals surface area contributed by atoms with Crippen molar-refractivity contribution in [3.05, 3.63) is 34.3 Å². The molecule has 0 aliphatic heterocycles. The maximum atomic E-state index is 12.0. The van der Waals surface area contributed by atoms with Gasteiger partial charge in [0.2, 0.25) is 11.8 Å². The van der Waals surface area contributed by atoms with Crippen LogP contribution in [0.3, 0.4) is 0 Å². The zero-order chi connectivity index (χ0) is 15.8. The lowest BCUT2D eigenvalue weighted by Crippen LogP contribution is -2.39. The first-order chi connectivity index (χ1) is 9.92. The summed E-state index contributed by atoms with van der Waals surface area (Å²) in [7, 11) is 1.85. The molecule has 0 heterocycles. The monoisotopic (exact) mass is 355 g/mol. The number of amides is 2. The van der Waals surface area contributed by atoms with E-state index < -0.39 is 0 Å². The van der Waals surface area contributed by atoms with Gasteiger partial charge in [0, 0.05) is 24.0 Å². The molecule has 0 fully saturated rings. The minimum absolute atomic E-state index is 0.0845. The largest absolute Gasteiger partial charge is 0.354 e. The molecule has 0 aromatic heterocycles. The molecule has 2 amide bonds. The number of hydrogen-bond acceptors (Lipinski definition) is 3. The van der Waals surface area contributed by atoms with Gasteiger partial charge in [0.15, 0.2) is 0 Å². The molecular formula is C15H22BrN3O2. The molecule has 2 unspecified atom stereocenters. The summed E-state index contributed by atoms with van der Waals surface area (Å²) >= 11 is 3.37. The van der Waals surface area contributed by atoms with Gasteiger partial charge in [0.25, 0.3) is 0 Å². The minimum Gasteiger partial charge on any atom is -0.354 e. The van der Waals surface area contributed by atoms with Crippen molar-refractivity contribution >= 4 is 27.7 Å². The number of halogens is 1. The number of benzene rings is 1. The van der Waals surface area contributed by atoms with E-state index in [-0.39, 0.29) is 30.3 Å². The first kappa shape index (κ1) is 17.7. The Kier molecular flexibility index (Phi) is 7.39. The van der Waals surface area contributed by atoms with Gasteiger partial charge in [0.1, 0.15) is 0 Å². The van der Waals surface area contributed by atoms with Crippen molar-refractivity contribution in [1.29, 1.82) is 0 Å². The molecule has 6 heteroatoms. The van der Waals surface area contributed by atoms with Crippen LogP contribution in [0.4, 0.5) is 0 Å². The normalized spacial score (nSPS) is 13.3. The van der Waals surface area contributed by atoms with Crippen LogP contribution in [0.15, 0.2) is 28.7 Å². The van der Waals surface area contributed by atoms with Crippen LogP contribution in [0.2, 0.25) is 0 Å². The predicted molar refractivity (Wildman–Crippen MR) is 86.8 cm³/mol. The molecule has 5 nitrogen and oxygen atoms in total. The van der Waals surface area contributed by atoms with Gasteiger partial charge in [-0.05, 0) is 31.7 Å². The summed E-state index contributed by atoms with van der Waals surface area (Å²) in [4.78, 5) is 23.3. The Hall–Kier alpha value is -1.40. The zero-order valence-corrected chi connectivity index (χ0v) is 14.2. The zero-order valence-electron chi connectivity index (χ0n) is 12.6. The van der Waals surface area contributed by atoms with E-state index in [4.69, 9.17) is 0 Å². The topological polar surface area (TPSA) is 70.2 Å². The smallest absolute Gasteiger partial charge is 0.222 e. The average Bonchev–Trinajstić information content (AvgIpc) is 2.44. The third kappa shape index (κ3) is 6.73. The summed E-state index contributed by atoms with van der Waals surface area (Å²) in [6, 6.07) is 7.47. The molecule has 0 saturated carbocycles. The standard InChI is InChI=1S/C15H22BrN3O2/c1-10(17-3)9-18-15(21)8-14(19-11(2)20)12-4-6-13(16)7-5-12/h4-7,10,14,17H,8-9H2,1-3H3,(H,18,21)(H,19,20). The van der Waals surface area contributed by atoms with E-state index in [2.05, 4.69) is 31.9 Å². The third-order valence-corrected chi connectivity index (χ3v) is 3.67. The van der Waals surface area contributed by atoms with Crippen LogP contribution in [0.25, 0.3) is 0 Å².